The van der Waals surface area contributed by atoms with Gasteiger partial charge in [-0.3, -0.25) is 19.3 Å². The fourth-order valence-corrected chi connectivity index (χ4v) is 2.13. The Bertz CT molecular complexity index is 646. The van der Waals surface area contributed by atoms with Gasteiger partial charge in [0.1, 0.15) is 5.70 Å². The fourth-order valence-electron chi connectivity index (χ4n) is 2.13. The second-order valence-electron chi connectivity index (χ2n) is 4.67. The van der Waals surface area contributed by atoms with Gasteiger partial charge < -0.3 is 5.32 Å². The van der Waals surface area contributed by atoms with Gasteiger partial charge in [0.05, 0.1) is 12.1 Å². The van der Waals surface area contributed by atoms with Gasteiger partial charge in [-0.2, -0.15) is 0 Å². The molecule has 1 aliphatic heterocycles. The Balaban J connectivity index is 2.34. The molecule has 0 bridgehead atoms. The molecular formula is C15H14N2O4. The molecule has 1 fully saturated rings. The largest absolute Gasteiger partial charge is 0.329 e. The van der Waals surface area contributed by atoms with Crippen molar-refractivity contribution in [2.24, 2.45) is 0 Å². The third kappa shape index (κ3) is 2.89. The summed E-state index contributed by atoms with van der Waals surface area (Å²) in [6, 6.07) is 8.32. The van der Waals surface area contributed by atoms with Gasteiger partial charge in [0, 0.05) is 0 Å². The number of nitrogens with zero attached hydrogens (tertiary/aromatic N) is 1. The zero-order chi connectivity index (χ0) is 15.6. The van der Waals surface area contributed by atoms with E-state index in [0.29, 0.717) is 0 Å². The molecule has 1 aliphatic rings. The van der Waals surface area contributed by atoms with Crippen LogP contribution in [0.4, 0.5) is 4.79 Å². The van der Waals surface area contributed by atoms with Crippen LogP contribution in [0, 0.1) is 0 Å². The van der Waals surface area contributed by atoms with Crippen molar-refractivity contribution < 1.29 is 19.2 Å². The number of Topliss-reactive ketones (excluding diaryl/α,β-unsaturated/α-hetero) is 2. The SMILES string of the molecule is CC(=O)C(C(C)=O)=C1NC(=O)N(Cc2ccccc2)C1=O. The van der Waals surface area contributed by atoms with Crippen LogP contribution >= 0.6 is 0 Å². The highest BCUT2D eigenvalue weighted by molar-refractivity contribution is 6.26. The predicted molar refractivity (Wildman–Crippen MR) is 73.9 cm³/mol. The van der Waals surface area contributed by atoms with Gasteiger partial charge in [-0.25, -0.2) is 4.79 Å². The summed E-state index contributed by atoms with van der Waals surface area (Å²) in [7, 11) is 0. The Kier molecular flexibility index (Phi) is 3.98. The number of benzene rings is 1. The molecular weight excluding hydrogens is 272 g/mol. The first-order valence-electron chi connectivity index (χ1n) is 6.34. The van der Waals surface area contributed by atoms with Crippen LogP contribution in [0.15, 0.2) is 41.6 Å². The summed E-state index contributed by atoms with van der Waals surface area (Å²) in [4.78, 5) is 48.1. The van der Waals surface area contributed by atoms with Crippen LogP contribution in [0.2, 0.25) is 0 Å². The van der Waals surface area contributed by atoms with Crippen LogP contribution in [0.3, 0.4) is 0 Å². The van der Waals surface area contributed by atoms with Gasteiger partial charge in [-0.05, 0) is 19.4 Å². The molecule has 1 aromatic rings. The van der Waals surface area contributed by atoms with Crippen LogP contribution < -0.4 is 5.32 Å². The van der Waals surface area contributed by atoms with Crippen molar-refractivity contribution in [2.45, 2.75) is 20.4 Å². The molecule has 108 valence electrons. The highest BCUT2D eigenvalue weighted by Crippen LogP contribution is 2.18. The molecule has 6 nitrogen and oxygen atoms in total. The Morgan fingerprint density at radius 1 is 1.05 bits per heavy atom. The van der Waals surface area contributed by atoms with Crippen LogP contribution in [-0.4, -0.2) is 28.4 Å². The molecule has 0 spiro atoms. The molecule has 1 heterocycles. The summed E-state index contributed by atoms with van der Waals surface area (Å²) in [6.45, 7) is 2.45. The average Bonchev–Trinajstić information content (AvgIpc) is 2.67. The first-order valence-corrected chi connectivity index (χ1v) is 6.34. The number of amides is 3. The van der Waals surface area contributed by atoms with E-state index in [9.17, 15) is 19.2 Å². The number of rotatable bonds is 4. The summed E-state index contributed by atoms with van der Waals surface area (Å²) < 4.78 is 0. The molecule has 1 saturated heterocycles. The summed E-state index contributed by atoms with van der Waals surface area (Å²) >= 11 is 0. The standard InChI is InChI=1S/C15H14N2O4/c1-9(18)12(10(2)19)13-14(20)17(15(21)16-13)8-11-6-4-3-5-7-11/h3-7H,8H2,1-2H3,(H,16,21). The van der Waals surface area contributed by atoms with Crippen molar-refractivity contribution in [3.05, 3.63) is 47.2 Å². The molecule has 1 aromatic carbocycles. The van der Waals surface area contributed by atoms with Gasteiger partial charge in [0.2, 0.25) is 0 Å². The van der Waals surface area contributed by atoms with Crippen molar-refractivity contribution in [3.8, 4) is 0 Å². The highest BCUT2D eigenvalue weighted by Gasteiger charge is 2.37. The lowest BCUT2D eigenvalue weighted by Crippen LogP contribution is -2.30. The van der Waals surface area contributed by atoms with E-state index in [0.717, 1.165) is 10.5 Å². The molecule has 0 unspecified atom stereocenters. The van der Waals surface area contributed by atoms with Gasteiger partial charge in [0.25, 0.3) is 5.91 Å². The molecule has 0 atom stereocenters. The van der Waals surface area contributed by atoms with Crippen LogP contribution in [0.25, 0.3) is 0 Å². The molecule has 6 heteroatoms. The maximum atomic E-state index is 12.3. The van der Waals surface area contributed by atoms with Crippen molar-refractivity contribution in [2.75, 3.05) is 0 Å². The minimum Gasteiger partial charge on any atom is -0.302 e. The zero-order valence-corrected chi connectivity index (χ0v) is 11.7. The molecule has 3 amide bonds. The molecule has 2 rings (SSSR count). The number of hydrogen-bond acceptors (Lipinski definition) is 4. The van der Waals surface area contributed by atoms with Crippen molar-refractivity contribution in [1.82, 2.24) is 10.2 Å². The number of ketones is 2. The van der Waals surface area contributed by atoms with Crippen LogP contribution in [0.1, 0.15) is 19.4 Å². The third-order valence-electron chi connectivity index (χ3n) is 3.07. The van der Waals surface area contributed by atoms with Crippen LogP contribution in [-0.2, 0) is 20.9 Å². The number of nitrogens with one attached hydrogen (secondary N) is 1. The quantitative estimate of drug-likeness (QED) is 0.390. The van der Waals surface area contributed by atoms with Gasteiger partial charge in [0.15, 0.2) is 11.6 Å². The lowest BCUT2D eigenvalue weighted by molar-refractivity contribution is -0.125. The topological polar surface area (TPSA) is 83.6 Å². The van der Waals surface area contributed by atoms with E-state index in [1.54, 1.807) is 24.3 Å². The second-order valence-corrected chi connectivity index (χ2v) is 4.67. The molecule has 0 aliphatic carbocycles. The van der Waals surface area contributed by atoms with Crippen molar-refractivity contribution in [3.63, 3.8) is 0 Å². The minimum absolute atomic E-state index is 0.0814. The van der Waals surface area contributed by atoms with Gasteiger partial charge >= 0.3 is 6.03 Å². The van der Waals surface area contributed by atoms with E-state index in [-0.39, 0.29) is 17.8 Å². The Morgan fingerprint density at radius 3 is 2.14 bits per heavy atom. The molecule has 0 saturated carbocycles. The summed E-state index contributed by atoms with van der Waals surface area (Å²) in [5, 5.41) is 2.31. The Hall–Kier alpha value is -2.76. The summed E-state index contributed by atoms with van der Waals surface area (Å²) in [5.41, 5.74) is 0.259. The summed E-state index contributed by atoms with van der Waals surface area (Å²) in [5.74, 6) is -1.76. The number of carbonyl (C=O) groups excluding carboxylic acids is 4. The normalized spacial score (nSPS) is 14.2. The van der Waals surface area contributed by atoms with E-state index in [1.807, 2.05) is 6.07 Å². The molecule has 0 radical (unpaired) electrons. The first-order chi connectivity index (χ1) is 9.91. The zero-order valence-electron chi connectivity index (χ0n) is 11.7. The average molecular weight is 286 g/mol. The maximum absolute atomic E-state index is 12.3. The monoisotopic (exact) mass is 286 g/mol. The molecule has 1 N–H and O–H groups in total. The Morgan fingerprint density at radius 2 is 1.62 bits per heavy atom. The lowest BCUT2D eigenvalue weighted by Gasteiger charge is -2.11. The maximum Gasteiger partial charge on any atom is 0.329 e. The number of urea groups is 1. The van der Waals surface area contributed by atoms with E-state index < -0.39 is 23.5 Å². The lowest BCUT2D eigenvalue weighted by atomic mass is 10.1. The molecule has 21 heavy (non-hydrogen) atoms. The fraction of sp³-hybridized carbons (Fsp3) is 0.200. The van der Waals surface area contributed by atoms with E-state index in [4.69, 9.17) is 0 Å². The Labute approximate surface area is 121 Å². The number of hydrogen-bond donors (Lipinski definition) is 1. The van der Waals surface area contributed by atoms with E-state index in [1.165, 1.54) is 13.8 Å². The van der Waals surface area contributed by atoms with E-state index in [2.05, 4.69) is 5.32 Å². The van der Waals surface area contributed by atoms with Gasteiger partial charge in [-0.15, -0.1) is 0 Å². The predicted octanol–water partition coefficient (Wildman–Crippen LogP) is 1.17. The number of allylic oxidation sites excluding steroid dienone is 1. The smallest absolute Gasteiger partial charge is 0.302 e. The highest BCUT2D eigenvalue weighted by atomic mass is 16.2. The molecule has 0 aromatic heterocycles. The van der Waals surface area contributed by atoms with Crippen LogP contribution in [0.5, 0.6) is 0 Å². The minimum atomic E-state index is -0.663. The summed E-state index contributed by atoms with van der Waals surface area (Å²) in [6.07, 6.45) is 0. The number of imide groups is 1. The van der Waals surface area contributed by atoms with Crippen molar-refractivity contribution in [1.29, 1.82) is 0 Å². The van der Waals surface area contributed by atoms with Gasteiger partial charge in [-0.1, -0.05) is 30.3 Å². The number of carbonyl (C=O) groups is 4. The second kappa shape index (κ2) is 5.70. The first kappa shape index (κ1) is 14.6. The third-order valence-corrected chi connectivity index (χ3v) is 3.07. The van der Waals surface area contributed by atoms with E-state index >= 15 is 0 Å². The van der Waals surface area contributed by atoms with Crippen molar-refractivity contribution >= 4 is 23.5 Å².